The van der Waals surface area contributed by atoms with E-state index in [1.165, 1.54) is 29.7 Å². The van der Waals surface area contributed by atoms with E-state index in [0.29, 0.717) is 11.6 Å². The van der Waals surface area contributed by atoms with E-state index in [1.54, 1.807) is 4.88 Å². The van der Waals surface area contributed by atoms with Gasteiger partial charge in [0, 0.05) is 27.9 Å². The molecule has 1 unspecified atom stereocenters. The number of rotatable bonds is 5. The average Bonchev–Trinajstić information content (AvgIpc) is 3.00. The van der Waals surface area contributed by atoms with Crippen LogP contribution in [0.15, 0.2) is 30.3 Å². The van der Waals surface area contributed by atoms with Crippen LogP contribution in [0, 0.1) is 0 Å². The van der Waals surface area contributed by atoms with E-state index in [0.717, 1.165) is 12.1 Å². The SMILES string of the molecule is OC(CNCc1cc2c(s1)CCC2)c1ccc(Cl)cc1. The maximum absolute atomic E-state index is 10.1. The Labute approximate surface area is 128 Å². The zero-order valence-electron chi connectivity index (χ0n) is 11.2. The fourth-order valence-electron chi connectivity index (χ4n) is 2.61. The molecule has 1 aliphatic carbocycles. The topological polar surface area (TPSA) is 32.3 Å². The monoisotopic (exact) mass is 307 g/mol. The predicted octanol–water partition coefficient (Wildman–Crippen LogP) is 3.71. The van der Waals surface area contributed by atoms with Crippen molar-refractivity contribution in [1.29, 1.82) is 0 Å². The van der Waals surface area contributed by atoms with Gasteiger partial charge in [-0.25, -0.2) is 0 Å². The number of fused-ring (bicyclic) bond motifs is 1. The van der Waals surface area contributed by atoms with E-state index < -0.39 is 6.10 Å². The second kappa shape index (κ2) is 6.27. The molecule has 2 N–H and O–H groups in total. The van der Waals surface area contributed by atoms with Crippen molar-refractivity contribution in [2.75, 3.05) is 6.54 Å². The van der Waals surface area contributed by atoms with Crippen molar-refractivity contribution >= 4 is 22.9 Å². The Morgan fingerprint density at radius 2 is 2.05 bits per heavy atom. The average molecular weight is 308 g/mol. The molecule has 106 valence electrons. The van der Waals surface area contributed by atoms with Gasteiger partial charge in [-0.15, -0.1) is 11.3 Å². The summed E-state index contributed by atoms with van der Waals surface area (Å²) in [6.07, 6.45) is 3.30. The smallest absolute Gasteiger partial charge is 0.0914 e. The van der Waals surface area contributed by atoms with Gasteiger partial charge in [0.05, 0.1) is 6.10 Å². The Bertz CT molecular complexity index is 557. The normalized spacial score (nSPS) is 15.3. The van der Waals surface area contributed by atoms with Gasteiger partial charge < -0.3 is 10.4 Å². The van der Waals surface area contributed by atoms with Gasteiger partial charge in [-0.3, -0.25) is 0 Å². The first-order valence-corrected chi connectivity index (χ1v) is 8.16. The van der Waals surface area contributed by atoms with E-state index in [1.807, 2.05) is 35.6 Å². The van der Waals surface area contributed by atoms with Crippen LogP contribution in [-0.2, 0) is 19.4 Å². The van der Waals surface area contributed by atoms with Crippen LogP contribution < -0.4 is 5.32 Å². The summed E-state index contributed by atoms with van der Waals surface area (Å²) in [4.78, 5) is 2.93. The minimum absolute atomic E-state index is 0.487. The Morgan fingerprint density at radius 1 is 1.25 bits per heavy atom. The van der Waals surface area contributed by atoms with Crippen LogP contribution >= 0.6 is 22.9 Å². The number of hydrogen-bond donors (Lipinski definition) is 2. The van der Waals surface area contributed by atoms with E-state index in [-0.39, 0.29) is 0 Å². The molecule has 4 heteroatoms. The number of aliphatic hydroxyl groups excluding tert-OH is 1. The van der Waals surface area contributed by atoms with Gasteiger partial charge in [0.1, 0.15) is 0 Å². The van der Waals surface area contributed by atoms with Crippen molar-refractivity contribution in [1.82, 2.24) is 5.32 Å². The molecule has 0 fully saturated rings. The number of thiophene rings is 1. The molecular weight excluding hydrogens is 290 g/mol. The third-order valence-electron chi connectivity index (χ3n) is 3.69. The van der Waals surface area contributed by atoms with Crippen LogP contribution in [0.3, 0.4) is 0 Å². The third-order valence-corrected chi connectivity index (χ3v) is 5.18. The molecule has 20 heavy (non-hydrogen) atoms. The Hall–Kier alpha value is -0.870. The van der Waals surface area contributed by atoms with E-state index >= 15 is 0 Å². The van der Waals surface area contributed by atoms with Crippen molar-refractivity contribution in [3.63, 3.8) is 0 Å². The van der Waals surface area contributed by atoms with Crippen LogP contribution in [0.25, 0.3) is 0 Å². The number of halogens is 1. The maximum atomic E-state index is 10.1. The highest BCUT2D eigenvalue weighted by Gasteiger charge is 2.14. The summed E-state index contributed by atoms with van der Waals surface area (Å²) in [7, 11) is 0. The molecule has 3 rings (SSSR count). The summed E-state index contributed by atoms with van der Waals surface area (Å²) in [5.41, 5.74) is 2.43. The molecule has 2 nitrogen and oxygen atoms in total. The lowest BCUT2D eigenvalue weighted by Crippen LogP contribution is -2.20. The Balaban J connectivity index is 1.50. The lowest BCUT2D eigenvalue weighted by atomic mass is 10.1. The van der Waals surface area contributed by atoms with Crippen molar-refractivity contribution < 1.29 is 5.11 Å². The minimum Gasteiger partial charge on any atom is -0.387 e. The summed E-state index contributed by atoms with van der Waals surface area (Å²) in [6, 6.07) is 9.67. The fourth-order valence-corrected chi connectivity index (χ4v) is 3.97. The van der Waals surface area contributed by atoms with Crippen LogP contribution in [0.5, 0.6) is 0 Å². The van der Waals surface area contributed by atoms with Gasteiger partial charge in [0.15, 0.2) is 0 Å². The highest BCUT2D eigenvalue weighted by Crippen LogP contribution is 2.30. The second-order valence-electron chi connectivity index (χ2n) is 5.21. The van der Waals surface area contributed by atoms with Crippen molar-refractivity contribution in [2.45, 2.75) is 31.9 Å². The number of benzene rings is 1. The summed E-state index contributed by atoms with van der Waals surface area (Å²) < 4.78 is 0. The second-order valence-corrected chi connectivity index (χ2v) is 6.87. The molecule has 1 aliphatic rings. The van der Waals surface area contributed by atoms with Crippen LogP contribution in [0.2, 0.25) is 5.02 Å². The Morgan fingerprint density at radius 3 is 2.80 bits per heavy atom. The predicted molar refractivity (Wildman–Crippen MR) is 84.5 cm³/mol. The van der Waals surface area contributed by atoms with Gasteiger partial charge in [-0.2, -0.15) is 0 Å². The van der Waals surface area contributed by atoms with Crippen molar-refractivity contribution in [3.05, 3.63) is 56.2 Å². The molecule has 1 heterocycles. The summed E-state index contributed by atoms with van der Waals surface area (Å²) in [5.74, 6) is 0. The quantitative estimate of drug-likeness (QED) is 0.882. The summed E-state index contributed by atoms with van der Waals surface area (Å²) >= 11 is 7.75. The maximum Gasteiger partial charge on any atom is 0.0914 e. The van der Waals surface area contributed by atoms with Crippen LogP contribution in [-0.4, -0.2) is 11.7 Å². The van der Waals surface area contributed by atoms with E-state index in [2.05, 4.69) is 11.4 Å². The van der Waals surface area contributed by atoms with Gasteiger partial charge >= 0.3 is 0 Å². The zero-order chi connectivity index (χ0) is 13.9. The molecule has 0 bridgehead atoms. The first-order valence-electron chi connectivity index (χ1n) is 6.97. The first-order chi connectivity index (χ1) is 9.72. The summed E-state index contributed by atoms with van der Waals surface area (Å²) in [6.45, 7) is 1.40. The van der Waals surface area contributed by atoms with E-state index in [9.17, 15) is 5.11 Å². The zero-order valence-corrected chi connectivity index (χ0v) is 12.8. The number of aliphatic hydroxyl groups is 1. The first kappa shape index (κ1) is 14.1. The highest BCUT2D eigenvalue weighted by atomic mass is 35.5. The molecule has 0 saturated heterocycles. The fraction of sp³-hybridized carbons (Fsp3) is 0.375. The van der Waals surface area contributed by atoms with Crippen LogP contribution in [0.1, 0.15) is 33.4 Å². The van der Waals surface area contributed by atoms with Gasteiger partial charge in [0.25, 0.3) is 0 Å². The summed E-state index contributed by atoms with van der Waals surface area (Å²) in [5, 5.41) is 14.1. The molecule has 0 amide bonds. The largest absolute Gasteiger partial charge is 0.387 e. The molecule has 0 aliphatic heterocycles. The van der Waals surface area contributed by atoms with Gasteiger partial charge in [0.2, 0.25) is 0 Å². The molecule has 0 spiro atoms. The number of aryl methyl sites for hydroxylation is 2. The number of hydrogen-bond acceptors (Lipinski definition) is 3. The molecule has 0 saturated carbocycles. The molecule has 0 radical (unpaired) electrons. The highest BCUT2D eigenvalue weighted by molar-refractivity contribution is 7.12. The lowest BCUT2D eigenvalue weighted by molar-refractivity contribution is 0.174. The molecule has 2 aromatic rings. The van der Waals surface area contributed by atoms with Gasteiger partial charge in [-0.1, -0.05) is 23.7 Å². The molecular formula is C16H18ClNOS. The molecule has 1 atom stereocenters. The minimum atomic E-state index is -0.487. The third kappa shape index (κ3) is 3.23. The van der Waals surface area contributed by atoms with Gasteiger partial charge in [-0.05, 0) is 48.6 Å². The van der Waals surface area contributed by atoms with Crippen LogP contribution in [0.4, 0.5) is 0 Å². The van der Waals surface area contributed by atoms with Crippen molar-refractivity contribution in [3.8, 4) is 0 Å². The standard InChI is InChI=1S/C16H18ClNOS/c17-13-6-4-11(5-7-13)15(19)10-18-9-14-8-12-2-1-3-16(12)20-14/h4-8,15,18-19H,1-3,9-10H2. The molecule has 1 aromatic carbocycles. The molecule has 1 aromatic heterocycles. The Kier molecular flexibility index (Phi) is 4.41. The lowest BCUT2D eigenvalue weighted by Gasteiger charge is -2.11. The number of nitrogens with one attached hydrogen (secondary N) is 1. The van der Waals surface area contributed by atoms with Crippen molar-refractivity contribution in [2.24, 2.45) is 0 Å². The van der Waals surface area contributed by atoms with E-state index in [4.69, 9.17) is 11.6 Å².